The fraction of sp³-hybridized carbons (Fsp3) is 0.727. The summed E-state index contributed by atoms with van der Waals surface area (Å²) >= 11 is 0. The van der Waals surface area contributed by atoms with Crippen LogP contribution in [-0.4, -0.2) is 68.7 Å². The van der Waals surface area contributed by atoms with Crippen molar-refractivity contribution in [1.82, 2.24) is 10.6 Å². The first-order chi connectivity index (χ1) is 9.47. The van der Waals surface area contributed by atoms with Crippen molar-refractivity contribution >= 4 is 17.9 Å². The second kappa shape index (κ2) is 7.78. The molecule has 1 unspecified atom stereocenters. The molecule has 1 heterocycles. The molecule has 1 fully saturated rings. The summed E-state index contributed by atoms with van der Waals surface area (Å²) < 4.78 is 15.0. The maximum atomic E-state index is 11.5. The van der Waals surface area contributed by atoms with Crippen LogP contribution >= 0.6 is 0 Å². The van der Waals surface area contributed by atoms with Gasteiger partial charge in [0.2, 0.25) is 0 Å². The Bertz CT molecular complexity index is 366. The molecule has 9 heteroatoms. The van der Waals surface area contributed by atoms with Gasteiger partial charge in [0.1, 0.15) is 18.8 Å². The number of aliphatic carboxylic acids is 1. The van der Waals surface area contributed by atoms with E-state index in [2.05, 4.69) is 10.1 Å². The molecule has 0 aromatic rings. The summed E-state index contributed by atoms with van der Waals surface area (Å²) in [6.45, 7) is 0.0363. The lowest BCUT2D eigenvalue weighted by atomic mass is 10.0. The van der Waals surface area contributed by atoms with E-state index in [9.17, 15) is 14.4 Å². The van der Waals surface area contributed by atoms with Gasteiger partial charge < -0.3 is 24.6 Å². The summed E-state index contributed by atoms with van der Waals surface area (Å²) in [6.07, 6.45) is 0.652. The SMILES string of the molecule is COC1(CNC(=O)NC(=O)COCC(=O)O)CCOC1. The molecular weight excluding hydrogens is 272 g/mol. The molecule has 1 rings (SSSR count). The molecule has 1 saturated heterocycles. The van der Waals surface area contributed by atoms with E-state index < -0.39 is 36.7 Å². The molecule has 20 heavy (non-hydrogen) atoms. The Hall–Kier alpha value is -1.71. The maximum absolute atomic E-state index is 11.5. The zero-order valence-corrected chi connectivity index (χ0v) is 11.1. The monoisotopic (exact) mass is 290 g/mol. The summed E-state index contributed by atoms with van der Waals surface area (Å²) in [5, 5.41) is 12.8. The number of nitrogens with one attached hydrogen (secondary N) is 2. The topological polar surface area (TPSA) is 123 Å². The molecular formula is C11H18N2O7. The number of hydrogen-bond acceptors (Lipinski definition) is 6. The van der Waals surface area contributed by atoms with Gasteiger partial charge in [-0.3, -0.25) is 10.1 Å². The highest BCUT2D eigenvalue weighted by Gasteiger charge is 2.35. The third-order valence-corrected chi connectivity index (χ3v) is 2.78. The number of methoxy groups -OCH3 is 1. The summed E-state index contributed by atoms with van der Waals surface area (Å²) in [7, 11) is 1.53. The van der Waals surface area contributed by atoms with E-state index in [1.54, 1.807) is 0 Å². The van der Waals surface area contributed by atoms with E-state index in [0.29, 0.717) is 19.6 Å². The summed E-state index contributed by atoms with van der Waals surface area (Å²) in [6, 6.07) is -0.697. The van der Waals surface area contributed by atoms with Gasteiger partial charge in [0.25, 0.3) is 5.91 Å². The molecule has 0 saturated carbocycles. The van der Waals surface area contributed by atoms with Gasteiger partial charge in [-0.1, -0.05) is 0 Å². The largest absolute Gasteiger partial charge is 0.480 e. The Labute approximate surface area is 115 Å². The molecule has 1 aliphatic heterocycles. The molecule has 0 aliphatic carbocycles. The fourth-order valence-electron chi connectivity index (χ4n) is 1.64. The predicted molar refractivity (Wildman–Crippen MR) is 65.2 cm³/mol. The van der Waals surface area contributed by atoms with Crippen LogP contribution in [-0.2, 0) is 23.8 Å². The Morgan fingerprint density at radius 3 is 2.65 bits per heavy atom. The lowest BCUT2D eigenvalue weighted by Gasteiger charge is -2.25. The zero-order valence-electron chi connectivity index (χ0n) is 11.1. The lowest BCUT2D eigenvalue weighted by molar-refractivity contribution is -0.143. The number of ether oxygens (including phenoxy) is 3. The Morgan fingerprint density at radius 2 is 2.10 bits per heavy atom. The first-order valence-corrected chi connectivity index (χ1v) is 5.97. The molecule has 1 atom stereocenters. The Morgan fingerprint density at radius 1 is 1.35 bits per heavy atom. The molecule has 114 valence electrons. The van der Waals surface area contributed by atoms with Gasteiger partial charge in [-0.15, -0.1) is 0 Å². The normalized spacial score (nSPS) is 21.4. The van der Waals surface area contributed by atoms with Crippen molar-refractivity contribution in [3.8, 4) is 0 Å². The van der Waals surface area contributed by atoms with E-state index in [1.807, 2.05) is 5.32 Å². The van der Waals surface area contributed by atoms with Gasteiger partial charge in [-0.05, 0) is 0 Å². The van der Waals surface area contributed by atoms with Crippen LogP contribution in [0.5, 0.6) is 0 Å². The predicted octanol–water partition coefficient (Wildman–Crippen LogP) is -1.28. The summed E-state index contributed by atoms with van der Waals surface area (Å²) in [5.74, 6) is -1.91. The van der Waals surface area contributed by atoms with Crippen LogP contribution in [0.2, 0.25) is 0 Å². The molecule has 0 aromatic carbocycles. The van der Waals surface area contributed by atoms with E-state index >= 15 is 0 Å². The number of carbonyl (C=O) groups excluding carboxylic acids is 2. The van der Waals surface area contributed by atoms with E-state index in [-0.39, 0.29) is 6.54 Å². The van der Waals surface area contributed by atoms with Gasteiger partial charge in [0.05, 0.1) is 13.2 Å². The van der Waals surface area contributed by atoms with Gasteiger partial charge in [0.15, 0.2) is 0 Å². The lowest BCUT2D eigenvalue weighted by Crippen LogP contribution is -2.49. The van der Waals surface area contributed by atoms with Crippen molar-refractivity contribution in [1.29, 1.82) is 0 Å². The molecule has 9 nitrogen and oxygen atoms in total. The van der Waals surface area contributed by atoms with Crippen LogP contribution in [0.3, 0.4) is 0 Å². The van der Waals surface area contributed by atoms with E-state index in [4.69, 9.17) is 14.6 Å². The van der Waals surface area contributed by atoms with Crippen molar-refractivity contribution < 1.29 is 33.7 Å². The summed E-state index contributed by atoms with van der Waals surface area (Å²) in [4.78, 5) is 32.8. The number of rotatable bonds is 7. The number of urea groups is 1. The third-order valence-electron chi connectivity index (χ3n) is 2.78. The van der Waals surface area contributed by atoms with Crippen LogP contribution in [0, 0.1) is 0 Å². The number of amides is 3. The minimum absolute atomic E-state index is 0.207. The highest BCUT2D eigenvalue weighted by atomic mass is 16.5. The third kappa shape index (κ3) is 5.51. The van der Waals surface area contributed by atoms with Gasteiger partial charge in [0, 0.05) is 20.1 Å². The zero-order chi connectivity index (χ0) is 15.0. The van der Waals surface area contributed by atoms with Crippen molar-refractivity contribution in [3.05, 3.63) is 0 Å². The molecule has 0 aromatic heterocycles. The van der Waals surface area contributed by atoms with Gasteiger partial charge in [-0.25, -0.2) is 9.59 Å². The minimum atomic E-state index is -1.19. The molecule has 1 aliphatic rings. The Kier molecular flexibility index (Phi) is 6.36. The van der Waals surface area contributed by atoms with Gasteiger partial charge >= 0.3 is 12.0 Å². The first-order valence-electron chi connectivity index (χ1n) is 5.97. The standard InChI is InChI=1S/C11H18N2O7/c1-18-11(2-3-19-7-11)6-12-10(17)13-8(14)4-20-5-9(15)16/h2-7H2,1H3,(H,15,16)(H2,12,13,14,17). The second-order valence-corrected chi connectivity index (χ2v) is 4.31. The van der Waals surface area contributed by atoms with Crippen molar-refractivity contribution in [2.75, 3.05) is 40.1 Å². The molecule has 0 bridgehead atoms. The van der Waals surface area contributed by atoms with Crippen molar-refractivity contribution in [2.45, 2.75) is 12.0 Å². The number of carboxylic acids is 1. The highest BCUT2D eigenvalue weighted by Crippen LogP contribution is 2.21. The molecule has 0 spiro atoms. The van der Waals surface area contributed by atoms with E-state index in [1.165, 1.54) is 7.11 Å². The smallest absolute Gasteiger partial charge is 0.329 e. The quantitative estimate of drug-likeness (QED) is 0.533. The van der Waals surface area contributed by atoms with Crippen LogP contribution in [0.1, 0.15) is 6.42 Å². The van der Waals surface area contributed by atoms with Crippen LogP contribution in [0.15, 0.2) is 0 Å². The van der Waals surface area contributed by atoms with Crippen molar-refractivity contribution in [3.63, 3.8) is 0 Å². The number of carbonyl (C=O) groups is 3. The first kappa shape index (κ1) is 16.3. The number of hydrogen-bond donors (Lipinski definition) is 3. The van der Waals surface area contributed by atoms with Crippen LogP contribution in [0.4, 0.5) is 4.79 Å². The Balaban J connectivity index is 2.22. The highest BCUT2D eigenvalue weighted by molar-refractivity contribution is 5.94. The minimum Gasteiger partial charge on any atom is -0.480 e. The van der Waals surface area contributed by atoms with E-state index in [0.717, 1.165) is 0 Å². The average molecular weight is 290 g/mol. The average Bonchev–Trinajstić information content (AvgIpc) is 2.85. The molecule has 0 radical (unpaired) electrons. The van der Waals surface area contributed by atoms with Crippen LogP contribution < -0.4 is 10.6 Å². The van der Waals surface area contributed by atoms with Crippen LogP contribution in [0.25, 0.3) is 0 Å². The molecule has 3 N–H and O–H groups in total. The van der Waals surface area contributed by atoms with Gasteiger partial charge in [-0.2, -0.15) is 0 Å². The second-order valence-electron chi connectivity index (χ2n) is 4.31. The maximum Gasteiger partial charge on any atom is 0.329 e. The number of carboxylic acid groups (broad SMARTS) is 1. The molecule has 3 amide bonds. The fourth-order valence-corrected chi connectivity index (χ4v) is 1.64. The number of imide groups is 1. The summed E-state index contributed by atoms with van der Waals surface area (Å²) in [5.41, 5.74) is -0.569. The van der Waals surface area contributed by atoms with Crippen molar-refractivity contribution in [2.24, 2.45) is 0 Å².